The zero-order valence-corrected chi connectivity index (χ0v) is 19.1. The van der Waals surface area contributed by atoms with Gasteiger partial charge in [-0.05, 0) is 6.07 Å². The van der Waals surface area contributed by atoms with Gasteiger partial charge in [-0.2, -0.15) is 5.10 Å². The number of fused-ring (bicyclic) bond motifs is 1. The third-order valence-electron chi connectivity index (χ3n) is 5.11. The van der Waals surface area contributed by atoms with Gasteiger partial charge in [0, 0.05) is 63.5 Å². The summed E-state index contributed by atoms with van der Waals surface area (Å²) in [5, 5.41) is 11.1. The van der Waals surface area contributed by atoms with Gasteiger partial charge in [0.2, 0.25) is 5.88 Å². The molecule has 0 saturated heterocycles. The summed E-state index contributed by atoms with van der Waals surface area (Å²) in [4.78, 5) is 9.92. The topological polar surface area (TPSA) is 76.9 Å². The highest BCUT2D eigenvalue weighted by molar-refractivity contribution is 7.09. The van der Waals surface area contributed by atoms with E-state index in [1.165, 1.54) is 4.88 Å². The zero-order chi connectivity index (χ0) is 22.2. The first kappa shape index (κ1) is 22.0. The summed E-state index contributed by atoms with van der Waals surface area (Å²) >= 11 is 1.70. The smallest absolute Gasteiger partial charge is 0.237 e. The lowest BCUT2D eigenvalue weighted by Crippen LogP contribution is -2.40. The lowest BCUT2D eigenvalue weighted by Gasteiger charge is -2.27. The largest absolute Gasteiger partial charge is 0.470 e. The van der Waals surface area contributed by atoms with Crippen LogP contribution in [0.15, 0.2) is 72.8 Å². The van der Waals surface area contributed by atoms with Gasteiger partial charge in [0.15, 0.2) is 0 Å². The predicted octanol–water partition coefficient (Wildman–Crippen LogP) is 4.68. The summed E-state index contributed by atoms with van der Waals surface area (Å²) in [6, 6.07) is 14.1. The Bertz CT molecular complexity index is 1070. The number of benzene rings is 1. The molecule has 0 amide bonds. The Labute approximate surface area is 195 Å². The van der Waals surface area contributed by atoms with Gasteiger partial charge in [-0.15, -0.1) is 11.3 Å². The molecule has 7 nitrogen and oxygen atoms in total. The molecule has 4 aromatic rings. The number of ether oxygens (including phenoxy) is 1. The van der Waals surface area contributed by atoms with Crippen LogP contribution >= 0.6 is 11.3 Å². The number of thiazole rings is 1. The van der Waals surface area contributed by atoms with E-state index in [4.69, 9.17) is 4.74 Å². The van der Waals surface area contributed by atoms with Gasteiger partial charge in [-0.1, -0.05) is 43.3 Å². The van der Waals surface area contributed by atoms with Crippen LogP contribution in [0.5, 0.6) is 5.88 Å². The van der Waals surface area contributed by atoms with Crippen LogP contribution < -0.4 is 15.4 Å². The van der Waals surface area contributed by atoms with Crippen molar-refractivity contribution in [3.63, 3.8) is 0 Å². The van der Waals surface area contributed by atoms with Crippen LogP contribution in [0.1, 0.15) is 20.6 Å². The molecule has 0 spiro atoms. The lowest BCUT2D eigenvalue weighted by molar-refractivity contribution is 0.193. The predicted molar refractivity (Wildman–Crippen MR) is 133 cm³/mol. The van der Waals surface area contributed by atoms with Crippen LogP contribution in [-0.4, -0.2) is 45.5 Å². The van der Waals surface area contributed by atoms with Gasteiger partial charge in [0.25, 0.3) is 0 Å². The van der Waals surface area contributed by atoms with E-state index < -0.39 is 0 Å². The minimum Gasteiger partial charge on any atom is -0.470 e. The highest BCUT2D eigenvalue weighted by Crippen LogP contribution is 2.31. The molecule has 3 aromatic heterocycles. The van der Waals surface area contributed by atoms with Crippen molar-refractivity contribution in [1.82, 2.24) is 25.1 Å². The molecular formula is C24H32N6OS. The minimum atomic E-state index is 0. The standard InChI is InChI=1S/C18H22N6OS.C6H6.2H2/c1-12(17-9-20-11-26-17)4-19-7-15-8-21-16-3-13(5-22-18(16)25-15)14-6-23-24(2)10-14;1-2-4-6-5-3-1;;/h3,5-6,9-12,15,19,21H,4,7-8H2,1-2H3;1-6H;2*1H/t12-,15+;;;/m0.../s1. The Morgan fingerprint density at radius 1 is 1.19 bits per heavy atom. The van der Waals surface area contributed by atoms with Gasteiger partial charge in [0.05, 0.1) is 23.9 Å². The molecule has 5 rings (SSSR count). The second-order valence-electron chi connectivity index (χ2n) is 7.72. The number of hydrogen-bond acceptors (Lipinski definition) is 7. The van der Waals surface area contributed by atoms with Crippen LogP contribution in [-0.2, 0) is 7.05 Å². The van der Waals surface area contributed by atoms with E-state index in [0.717, 1.165) is 36.4 Å². The van der Waals surface area contributed by atoms with Gasteiger partial charge >= 0.3 is 0 Å². The first-order valence-electron chi connectivity index (χ1n) is 10.7. The first-order chi connectivity index (χ1) is 15.7. The quantitative estimate of drug-likeness (QED) is 0.442. The Morgan fingerprint density at radius 3 is 2.62 bits per heavy atom. The van der Waals surface area contributed by atoms with E-state index in [2.05, 4.69) is 38.7 Å². The van der Waals surface area contributed by atoms with Crippen LogP contribution in [0, 0.1) is 0 Å². The molecule has 0 saturated carbocycles. The van der Waals surface area contributed by atoms with E-state index >= 15 is 0 Å². The number of nitrogens with one attached hydrogen (secondary N) is 2. The summed E-state index contributed by atoms with van der Waals surface area (Å²) in [6.45, 7) is 4.65. The number of nitrogens with zero attached hydrogens (tertiary/aromatic N) is 4. The zero-order valence-electron chi connectivity index (χ0n) is 18.3. The first-order valence-corrected chi connectivity index (χ1v) is 11.6. The average Bonchev–Trinajstić information content (AvgIpc) is 3.52. The average molecular weight is 453 g/mol. The van der Waals surface area contributed by atoms with Crippen molar-refractivity contribution in [2.24, 2.45) is 7.05 Å². The number of rotatable bonds is 6. The van der Waals surface area contributed by atoms with Crippen molar-refractivity contribution in [2.45, 2.75) is 18.9 Å². The molecule has 0 unspecified atom stereocenters. The molecule has 170 valence electrons. The highest BCUT2D eigenvalue weighted by Gasteiger charge is 2.21. The highest BCUT2D eigenvalue weighted by atomic mass is 32.1. The number of aryl methyl sites for hydroxylation is 1. The molecule has 0 bridgehead atoms. The minimum absolute atomic E-state index is 0. The number of pyridine rings is 1. The van der Waals surface area contributed by atoms with Crippen LogP contribution in [0.25, 0.3) is 11.1 Å². The van der Waals surface area contributed by atoms with E-state index in [-0.39, 0.29) is 8.96 Å². The Balaban J connectivity index is 0.000000448. The van der Waals surface area contributed by atoms with Crippen molar-refractivity contribution in [3.05, 3.63) is 77.6 Å². The van der Waals surface area contributed by atoms with Crippen LogP contribution in [0.4, 0.5) is 5.69 Å². The molecule has 1 aliphatic heterocycles. The van der Waals surface area contributed by atoms with Crippen molar-refractivity contribution in [2.75, 3.05) is 25.0 Å². The van der Waals surface area contributed by atoms with Gasteiger partial charge < -0.3 is 15.4 Å². The fourth-order valence-electron chi connectivity index (χ4n) is 3.35. The summed E-state index contributed by atoms with van der Waals surface area (Å²) < 4.78 is 7.82. The number of anilines is 1. The maximum atomic E-state index is 6.03. The Hall–Kier alpha value is -3.23. The van der Waals surface area contributed by atoms with E-state index in [1.54, 1.807) is 16.0 Å². The van der Waals surface area contributed by atoms with E-state index in [1.807, 2.05) is 73.7 Å². The SMILES string of the molecule is C[C@@H](CNC[C@@H]1CNc2cc(-c3cnn(C)c3)cnc2O1)c1cncs1.[HH].[HH].c1ccccc1. The molecular weight excluding hydrogens is 420 g/mol. The monoisotopic (exact) mass is 452 g/mol. The maximum absolute atomic E-state index is 6.03. The van der Waals surface area contributed by atoms with Crippen LogP contribution in [0.3, 0.4) is 0 Å². The van der Waals surface area contributed by atoms with Crippen molar-refractivity contribution in [3.8, 4) is 17.0 Å². The molecule has 8 heteroatoms. The van der Waals surface area contributed by atoms with Crippen molar-refractivity contribution in [1.29, 1.82) is 0 Å². The maximum Gasteiger partial charge on any atom is 0.237 e. The van der Waals surface area contributed by atoms with Crippen LogP contribution in [0.2, 0.25) is 0 Å². The Kier molecular flexibility index (Phi) is 7.47. The Morgan fingerprint density at radius 2 is 1.97 bits per heavy atom. The molecule has 0 fully saturated rings. The summed E-state index contributed by atoms with van der Waals surface area (Å²) in [7, 11) is 1.91. The fraction of sp³-hybridized carbons (Fsp3) is 0.292. The molecule has 32 heavy (non-hydrogen) atoms. The molecule has 1 aromatic carbocycles. The fourth-order valence-corrected chi connectivity index (χ4v) is 4.03. The summed E-state index contributed by atoms with van der Waals surface area (Å²) in [5.41, 5.74) is 4.89. The number of hydrogen-bond donors (Lipinski definition) is 2. The molecule has 2 N–H and O–H groups in total. The van der Waals surface area contributed by atoms with Gasteiger partial charge in [-0.3, -0.25) is 9.67 Å². The summed E-state index contributed by atoms with van der Waals surface area (Å²) in [6.07, 6.45) is 7.65. The molecule has 1 aliphatic rings. The third-order valence-corrected chi connectivity index (χ3v) is 6.12. The van der Waals surface area contributed by atoms with Gasteiger partial charge in [-0.25, -0.2) is 4.98 Å². The normalized spacial score (nSPS) is 15.5. The van der Waals surface area contributed by atoms with E-state index in [9.17, 15) is 0 Å². The van der Waals surface area contributed by atoms with Crippen molar-refractivity contribution < 1.29 is 7.59 Å². The summed E-state index contributed by atoms with van der Waals surface area (Å²) in [5.74, 6) is 1.11. The number of aromatic nitrogens is 4. The van der Waals surface area contributed by atoms with Crippen molar-refractivity contribution >= 4 is 17.0 Å². The molecule has 4 heterocycles. The third kappa shape index (κ3) is 5.93. The molecule has 0 radical (unpaired) electrons. The molecule has 2 atom stereocenters. The second kappa shape index (κ2) is 10.9. The second-order valence-corrected chi connectivity index (χ2v) is 8.64. The van der Waals surface area contributed by atoms with E-state index in [0.29, 0.717) is 11.8 Å². The van der Waals surface area contributed by atoms with Gasteiger partial charge in [0.1, 0.15) is 6.10 Å². The lowest BCUT2D eigenvalue weighted by atomic mass is 10.1. The molecule has 0 aliphatic carbocycles.